The highest BCUT2D eigenvalue weighted by Gasteiger charge is 2.31. The van der Waals surface area contributed by atoms with Crippen LogP contribution in [0.15, 0.2) is 24.3 Å². The highest BCUT2D eigenvalue weighted by atomic mass is 16.5. The van der Waals surface area contributed by atoms with Crippen LogP contribution in [0.1, 0.15) is 18.9 Å². The molecule has 0 aliphatic carbocycles. The number of benzene rings is 1. The standard InChI is InChI=1S/C15H20N2O4/c1-2-21-12-5-3-11(4-6-12)10-17-8-7-16-15(20)13(17)9-14(18)19/h3-6,13H,2,7-10H2,1H3,(H,16,20)(H,18,19)/t13-/m1/s1. The molecule has 1 heterocycles. The SMILES string of the molecule is CCOc1ccc(CN2CCNC(=O)[C@H]2CC(=O)O)cc1. The molecule has 0 saturated carbocycles. The van der Waals surface area contributed by atoms with Crippen LogP contribution in [0.5, 0.6) is 5.75 Å². The van der Waals surface area contributed by atoms with Gasteiger partial charge < -0.3 is 15.2 Å². The van der Waals surface area contributed by atoms with Gasteiger partial charge >= 0.3 is 5.97 Å². The zero-order valence-electron chi connectivity index (χ0n) is 12.0. The number of hydrogen-bond donors (Lipinski definition) is 2. The highest BCUT2D eigenvalue weighted by Crippen LogP contribution is 2.17. The summed E-state index contributed by atoms with van der Waals surface area (Å²) in [6.07, 6.45) is -0.178. The maximum absolute atomic E-state index is 11.8. The molecule has 0 spiro atoms. The molecule has 0 bridgehead atoms. The summed E-state index contributed by atoms with van der Waals surface area (Å²) in [6.45, 7) is 4.30. The molecule has 1 aliphatic heterocycles. The Kier molecular flexibility index (Phi) is 5.16. The smallest absolute Gasteiger partial charge is 0.305 e. The zero-order valence-corrected chi connectivity index (χ0v) is 12.0. The van der Waals surface area contributed by atoms with Gasteiger partial charge in [0.1, 0.15) is 11.8 Å². The molecule has 1 aromatic rings. The van der Waals surface area contributed by atoms with Crippen molar-refractivity contribution in [3.63, 3.8) is 0 Å². The molecule has 6 nitrogen and oxygen atoms in total. The number of aliphatic carboxylic acids is 1. The molecule has 1 aliphatic rings. The lowest BCUT2D eigenvalue weighted by atomic mass is 10.1. The number of carboxylic acids is 1. The van der Waals surface area contributed by atoms with Gasteiger partial charge in [0.15, 0.2) is 0 Å². The van der Waals surface area contributed by atoms with Crippen LogP contribution in [-0.2, 0) is 16.1 Å². The molecule has 0 unspecified atom stereocenters. The van der Waals surface area contributed by atoms with Crippen molar-refractivity contribution in [2.75, 3.05) is 19.7 Å². The van der Waals surface area contributed by atoms with E-state index >= 15 is 0 Å². The molecule has 6 heteroatoms. The first-order chi connectivity index (χ1) is 10.1. The molecular formula is C15H20N2O4. The van der Waals surface area contributed by atoms with Gasteiger partial charge in [-0.25, -0.2) is 0 Å². The van der Waals surface area contributed by atoms with Crippen molar-refractivity contribution in [2.45, 2.75) is 25.9 Å². The summed E-state index contributed by atoms with van der Waals surface area (Å²) in [5.41, 5.74) is 1.03. The quantitative estimate of drug-likeness (QED) is 0.813. The fraction of sp³-hybridized carbons (Fsp3) is 0.467. The number of carboxylic acid groups (broad SMARTS) is 1. The Morgan fingerprint density at radius 1 is 1.43 bits per heavy atom. The molecule has 1 amide bonds. The van der Waals surface area contributed by atoms with Crippen LogP contribution < -0.4 is 10.1 Å². The highest BCUT2D eigenvalue weighted by molar-refractivity contribution is 5.86. The van der Waals surface area contributed by atoms with E-state index in [-0.39, 0.29) is 12.3 Å². The maximum Gasteiger partial charge on any atom is 0.305 e. The lowest BCUT2D eigenvalue weighted by Gasteiger charge is -2.34. The first kappa shape index (κ1) is 15.3. The fourth-order valence-corrected chi connectivity index (χ4v) is 2.43. The van der Waals surface area contributed by atoms with Gasteiger partial charge in [0.05, 0.1) is 13.0 Å². The molecule has 1 saturated heterocycles. The third kappa shape index (κ3) is 4.19. The molecule has 114 valence electrons. The first-order valence-electron chi connectivity index (χ1n) is 7.05. The van der Waals surface area contributed by atoms with Crippen molar-refractivity contribution in [3.05, 3.63) is 29.8 Å². The third-order valence-corrected chi connectivity index (χ3v) is 3.43. The number of carbonyl (C=O) groups excluding carboxylic acids is 1. The van der Waals surface area contributed by atoms with Gasteiger partial charge in [-0.15, -0.1) is 0 Å². The van der Waals surface area contributed by atoms with E-state index in [4.69, 9.17) is 9.84 Å². The Hall–Kier alpha value is -2.08. The van der Waals surface area contributed by atoms with Crippen molar-refractivity contribution in [3.8, 4) is 5.75 Å². The van der Waals surface area contributed by atoms with Gasteiger partial charge in [-0.1, -0.05) is 12.1 Å². The summed E-state index contributed by atoms with van der Waals surface area (Å²) in [7, 11) is 0. The van der Waals surface area contributed by atoms with Crippen LogP contribution in [0.25, 0.3) is 0 Å². The molecule has 1 fully saturated rings. The van der Waals surface area contributed by atoms with Gasteiger partial charge in [0.2, 0.25) is 5.91 Å². The van der Waals surface area contributed by atoms with E-state index in [9.17, 15) is 9.59 Å². The number of piperazine rings is 1. The average molecular weight is 292 g/mol. The summed E-state index contributed by atoms with van der Waals surface area (Å²) in [5.74, 6) is -0.372. The normalized spacial score (nSPS) is 19.1. The van der Waals surface area contributed by atoms with E-state index in [0.717, 1.165) is 11.3 Å². The molecule has 21 heavy (non-hydrogen) atoms. The Morgan fingerprint density at radius 3 is 2.76 bits per heavy atom. The summed E-state index contributed by atoms with van der Waals surface area (Å²) < 4.78 is 5.39. The molecule has 2 rings (SSSR count). The van der Waals surface area contributed by atoms with E-state index in [1.165, 1.54) is 0 Å². The Balaban J connectivity index is 2.04. The predicted octanol–water partition coefficient (Wildman–Crippen LogP) is 0.860. The van der Waals surface area contributed by atoms with Gasteiger partial charge in [0.25, 0.3) is 0 Å². The Labute approximate surface area is 123 Å². The Morgan fingerprint density at radius 2 is 2.14 bits per heavy atom. The van der Waals surface area contributed by atoms with Crippen molar-refractivity contribution in [1.29, 1.82) is 0 Å². The van der Waals surface area contributed by atoms with Crippen LogP contribution in [0.2, 0.25) is 0 Å². The van der Waals surface area contributed by atoms with Crippen LogP contribution in [0.4, 0.5) is 0 Å². The second-order valence-corrected chi connectivity index (χ2v) is 4.95. The summed E-state index contributed by atoms with van der Waals surface area (Å²) in [5, 5.41) is 11.7. The minimum absolute atomic E-state index is 0.178. The van der Waals surface area contributed by atoms with Gasteiger partial charge in [-0.05, 0) is 24.6 Å². The molecule has 0 radical (unpaired) electrons. The Bertz CT molecular complexity index is 501. The van der Waals surface area contributed by atoms with E-state index in [1.54, 1.807) is 0 Å². The fourth-order valence-electron chi connectivity index (χ4n) is 2.43. The second kappa shape index (κ2) is 7.08. The molecular weight excluding hydrogens is 272 g/mol. The minimum Gasteiger partial charge on any atom is -0.494 e. The van der Waals surface area contributed by atoms with Crippen molar-refractivity contribution in [1.82, 2.24) is 10.2 Å². The van der Waals surface area contributed by atoms with Gasteiger partial charge in [-0.3, -0.25) is 14.5 Å². The summed E-state index contributed by atoms with van der Waals surface area (Å²) >= 11 is 0. The molecule has 1 aromatic carbocycles. The number of amides is 1. The number of ether oxygens (including phenoxy) is 1. The maximum atomic E-state index is 11.8. The minimum atomic E-state index is -0.964. The molecule has 0 aromatic heterocycles. The number of hydrogen-bond acceptors (Lipinski definition) is 4. The van der Waals surface area contributed by atoms with E-state index in [0.29, 0.717) is 26.2 Å². The van der Waals surface area contributed by atoms with Gasteiger partial charge in [0, 0.05) is 19.6 Å². The summed E-state index contributed by atoms with van der Waals surface area (Å²) in [6, 6.07) is 7.04. The van der Waals surface area contributed by atoms with E-state index in [2.05, 4.69) is 5.32 Å². The van der Waals surface area contributed by atoms with Gasteiger partial charge in [-0.2, -0.15) is 0 Å². The molecule has 2 N–H and O–H groups in total. The second-order valence-electron chi connectivity index (χ2n) is 4.95. The van der Waals surface area contributed by atoms with Crippen LogP contribution in [0.3, 0.4) is 0 Å². The number of rotatable bonds is 6. The van der Waals surface area contributed by atoms with Crippen LogP contribution in [-0.4, -0.2) is 47.6 Å². The third-order valence-electron chi connectivity index (χ3n) is 3.43. The predicted molar refractivity (Wildman–Crippen MR) is 77.1 cm³/mol. The van der Waals surface area contributed by atoms with Crippen LogP contribution in [0, 0.1) is 0 Å². The summed E-state index contributed by atoms with van der Waals surface area (Å²) in [4.78, 5) is 24.6. The lowest BCUT2D eigenvalue weighted by Crippen LogP contribution is -2.55. The number of nitrogens with one attached hydrogen (secondary N) is 1. The average Bonchev–Trinajstić information content (AvgIpc) is 2.45. The van der Waals surface area contributed by atoms with E-state index < -0.39 is 12.0 Å². The largest absolute Gasteiger partial charge is 0.494 e. The monoisotopic (exact) mass is 292 g/mol. The number of nitrogens with zero attached hydrogens (tertiary/aromatic N) is 1. The topological polar surface area (TPSA) is 78.9 Å². The van der Waals surface area contributed by atoms with E-state index in [1.807, 2.05) is 36.1 Å². The van der Waals surface area contributed by atoms with Crippen molar-refractivity contribution >= 4 is 11.9 Å². The van der Waals surface area contributed by atoms with Crippen molar-refractivity contribution < 1.29 is 19.4 Å². The van der Waals surface area contributed by atoms with Crippen molar-refractivity contribution in [2.24, 2.45) is 0 Å². The zero-order chi connectivity index (χ0) is 15.2. The van der Waals surface area contributed by atoms with Crippen LogP contribution >= 0.6 is 0 Å². The lowest BCUT2D eigenvalue weighted by molar-refractivity contribution is -0.143. The number of carbonyl (C=O) groups is 2. The first-order valence-corrected chi connectivity index (χ1v) is 7.05. The molecule has 1 atom stereocenters.